The molecular formula is C18H13NO2. The van der Waals surface area contributed by atoms with Gasteiger partial charge in [0.05, 0.1) is 18.3 Å². The number of benzene rings is 2. The Balaban J connectivity index is 2.06. The van der Waals surface area contributed by atoms with E-state index in [-0.39, 0.29) is 5.56 Å². The maximum atomic E-state index is 12.7. The molecular weight excluding hydrogens is 262 g/mol. The van der Waals surface area contributed by atoms with Crippen molar-refractivity contribution in [3.63, 3.8) is 0 Å². The molecule has 0 unspecified atom stereocenters. The van der Waals surface area contributed by atoms with Crippen LogP contribution in [0.15, 0.2) is 76.1 Å². The molecule has 0 aliphatic carbocycles. The lowest BCUT2D eigenvalue weighted by Gasteiger charge is -2.11. The highest BCUT2D eigenvalue weighted by Crippen LogP contribution is 2.23. The number of para-hydroxylation sites is 1. The molecule has 0 saturated carbocycles. The van der Waals surface area contributed by atoms with E-state index in [9.17, 15) is 4.79 Å². The molecule has 102 valence electrons. The molecule has 0 atom stereocenters. The van der Waals surface area contributed by atoms with E-state index >= 15 is 0 Å². The molecule has 0 spiro atoms. The number of aromatic nitrogens is 1. The largest absolute Gasteiger partial charge is 0.458 e. The number of hydrogen-bond acceptors (Lipinski definition) is 2. The summed E-state index contributed by atoms with van der Waals surface area (Å²) in [6.07, 6.45) is 1.57. The van der Waals surface area contributed by atoms with Gasteiger partial charge in [-0.2, -0.15) is 0 Å². The lowest BCUT2D eigenvalue weighted by Crippen LogP contribution is -2.21. The summed E-state index contributed by atoms with van der Waals surface area (Å²) in [5.41, 5.74) is 2.36. The summed E-state index contributed by atoms with van der Waals surface area (Å²) in [7, 11) is 0. The summed E-state index contributed by atoms with van der Waals surface area (Å²) < 4.78 is 7.18. The second-order valence-corrected chi connectivity index (χ2v) is 5.06. The van der Waals surface area contributed by atoms with Gasteiger partial charge < -0.3 is 8.98 Å². The van der Waals surface area contributed by atoms with Crippen molar-refractivity contribution in [2.75, 3.05) is 0 Å². The molecule has 0 N–H and O–H groups in total. The van der Waals surface area contributed by atoms with Gasteiger partial charge in [0.1, 0.15) is 0 Å². The first-order valence-corrected chi connectivity index (χ1v) is 6.87. The zero-order valence-electron chi connectivity index (χ0n) is 11.3. The lowest BCUT2D eigenvalue weighted by molar-refractivity contribution is 0.604. The standard InChI is InChI=1S/C18H13NO2/c20-18-17-15(10-11-21-17)14-8-4-5-9-16(14)19(18)12-13-6-2-1-3-7-13/h1-11H,12H2. The van der Waals surface area contributed by atoms with Crippen molar-refractivity contribution in [2.45, 2.75) is 6.54 Å². The molecule has 0 saturated heterocycles. The van der Waals surface area contributed by atoms with Gasteiger partial charge in [-0.25, -0.2) is 0 Å². The monoisotopic (exact) mass is 275 g/mol. The van der Waals surface area contributed by atoms with Crippen LogP contribution in [0.4, 0.5) is 0 Å². The molecule has 3 heteroatoms. The molecule has 4 aromatic rings. The van der Waals surface area contributed by atoms with Gasteiger partial charge in [0.25, 0.3) is 5.56 Å². The average molecular weight is 275 g/mol. The molecule has 0 aliphatic heterocycles. The van der Waals surface area contributed by atoms with Crippen LogP contribution in [-0.4, -0.2) is 4.57 Å². The molecule has 21 heavy (non-hydrogen) atoms. The van der Waals surface area contributed by atoms with Crippen LogP contribution in [0.25, 0.3) is 21.9 Å². The summed E-state index contributed by atoms with van der Waals surface area (Å²) in [6, 6.07) is 19.8. The van der Waals surface area contributed by atoms with Gasteiger partial charge >= 0.3 is 0 Å². The first-order valence-electron chi connectivity index (χ1n) is 6.87. The van der Waals surface area contributed by atoms with Gasteiger partial charge in [-0.1, -0.05) is 48.5 Å². The van der Waals surface area contributed by atoms with E-state index in [1.54, 1.807) is 10.8 Å². The van der Waals surface area contributed by atoms with Gasteiger partial charge in [0.2, 0.25) is 0 Å². The van der Waals surface area contributed by atoms with Crippen molar-refractivity contribution >= 4 is 21.9 Å². The van der Waals surface area contributed by atoms with E-state index in [0.29, 0.717) is 12.1 Å². The molecule has 2 heterocycles. The van der Waals surface area contributed by atoms with Gasteiger partial charge in [0, 0.05) is 10.8 Å². The van der Waals surface area contributed by atoms with Gasteiger partial charge in [-0.15, -0.1) is 0 Å². The molecule has 3 nitrogen and oxygen atoms in total. The van der Waals surface area contributed by atoms with Crippen LogP contribution in [-0.2, 0) is 6.54 Å². The van der Waals surface area contributed by atoms with Crippen LogP contribution < -0.4 is 5.56 Å². The van der Waals surface area contributed by atoms with Crippen LogP contribution in [0.2, 0.25) is 0 Å². The number of nitrogens with zero attached hydrogens (tertiary/aromatic N) is 1. The Labute approximate surface area is 121 Å². The smallest absolute Gasteiger partial charge is 0.294 e. The first kappa shape index (κ1) is 12.0. The highest BCUT2D eigenvalue weighted by molar-refractivity contribution is 6.03. The number of pyridine rings is 1. The van der Waals surface area contributed by atoms with Crippen molar-refractivity contribution in [2.24, 2.45) is 0 Å². The quantitative estimate of drug-likeness (QED) is 0.558. The van der Waals surface area contributed by atoms with Crippen molar-refractivity contribution in [1.82, 2.24) is 4.57 Å². The van der Waals surface area contributed by atoms with Crippen molar-refractivity contribution < 1.29 is 4.42 Å². The third-order valence-corrected chi connectivity index (χ3v) is 3.77. The Morgan fingerprint density at radius 1 is 0.857 bits per heavy atom. The second kappa shape index (κ2) is 4.63. The summed E-state index contributed by atoms with van der Waals surface area (Å²) in [4.78, 5) is 12.7. The van der Waals surface area contributed by atoms with Gasteiger partial charge in [-0.05, 0) is 17.7 Å². The minimum atomic E-state index is -0.0856. The second-order valence-electron chi connectivity index (χ2n) is 5.06. The highest BCUT2D eigenvalue weighted by atomic mass is 16.3. The Bertz CT molecular complexity index is 980. The normalized spacial score (nSPS) is 11.2. The predicted molar refractivity (Wildman–Crippen MR) is 83.5 cm³/mol. The maximum absolute atomic E-state index is 12.7. The predicted octanol–water partition coefficient (Wildman–Crippen LogP) is 3.80. The Kier molecular flexibility index (Phi) is 2.64. The maximum Gasteiger partial charge on any atom is 0.294 e. The molecule has 0 bridgehead atoms. The van der Waals surface area contributed by atoms with E-state index in [2.05, 4.69) is 0 Å². The molecule has 0 amide bonds. The Morgan fingerprint density at radius 3 is 2.48 bits per heavy atom. The molecule has 0 radical (unpaired) electrons. The third kappa shape index (κ3) is 1.86. The molecule has 0 aliphatic rings. The van der Waals surface area contributed by atoms with Gasteiger partial charge in [-0.3, -0.25) is 4.79 Å². The van der Waals surface area contributed by atoms with Gasteiger partial charge in [0.15, 0.2) is 5.58 Å². The highest BCUT2D eigenvalue weighted by Gasteiger charge is 2.12. The van der Waals surface area contributed by atoms with E-state index in [4.69, 9.17) is 4.42 Å². The van der Waals surface area contributed by atoms with E-state index in [1.165, 1.54) is 0 Å². The number of fused-ring (bicyclic) bond motifs is 3. The minimum Gasteiger partial charge on any atom is -0.458 e. The molecule has 2 aromatic heterocycles. The average Bonchev–Trinajstić information content (AvgIpc) is 3.02. The third-order valence-electron chi connectivity index (χ3n) is 3.77. The Hall–Kier alpha value is -2.81. The van der Waals surface area contributed by atoms with Crippen LogP contribution >= 0.6 is 0 Å². The minimum absolute atomic E-state index is 0.0856. The van der Waals surface area contributed by atoms with Crippen molar-refractivity contribution in [3.8, 4) is 0 Å². The molecule has 0 fully saturated rings. The van der Waals surface area contributed by atoms with Crippen molar-refractivity contribution in [3.05, 3.63) is 82.8 Å². The van der Waals surface area contributed by atoms with Crippen LogP contribution in [0, 0.1) is 0 Å². The molecule has 4 rings (SSSR count). The van der Waals surface area contributed by atoms with Crippen LogP contribution in [0.3, 0.4) is 0 Å². The zero-order valence-corrected chi connectivity index (χ0v) is 11.3. The summed E-state index contributed by atoms with van der Waals surface area (Å²) in [6.45, 7) is 0.539. The summed E-state index contributed by atoms with van der Waals surface area (Å²) in [5, 5.41) is 1.91. The number of rotatable bonds is 2. The topological polar surface area (TPSA) is 35.1 Å². The summed E-state index contributed by atoms with van der Waals surface area (Å²) >= 11 is 0. The van der Waals surface area contributed by atoms with Crippen LogP contribution in [0.5, 0.6) is 0 Å². The molecule has 2 aromatic carbocycles. The number of hydrogen-bond donors (Lipinski definition) is 0. The fraction of sp³-hybridized carbons (Fsp3) is 0.0556. The van der Waals surface area contributed by atoms with E-state index in [1.807, 2.05) is 60.7 Å². The Morgan fingerprint density at radius 2 is 1.62 bits per heavy atom. The number of furan rings is 1. The van der Waals surface area contributed by atoms with Crippen LogP contribution in [0.1, 0.15) is 5.56 Å². The fourth-order valence-corrected chi connectivity index (χ4v) is 2.78. The van der Waals surface area contributed by atoms with E-state index < -0.39 is 0 Å². The zero-order chi connectivity index (χ0) is 14.2. The summed E-state index contributed by atoms with van der Waals surface area (Å²) in [5.74, 6) is 0. The first-order chi connectivity index (χ1) is 10.3. The van der Waals surface area contributed by atoms with E-state index in [0.717, 1.165) is 21.9 Å². The lowest BCUT2D eigenvalue weighted by atomic mass is 10.1. The fourth-order valence-electron chi connectivity index (χ4n) is 2.78. The van der Waals surface area contributed by atoms with Crippen molar-refractivity contribution in [1.29, 1.82) is 0 Å². The SMILES string of the molecule is O=c1c2occc2c2ccccc2n1Cc1ccccc1.